The first kappa shape index (κ1) is 17.9. The number of aryl methyl sites for hydroxylation is 1. The minimum Gasteiger partial charge on any atom is -0.493 e. The molecular weight excluding hydrogens is 314 g/mol. The second-order valence-corrected chi connectivity index (χ2v) is 5.54. The van der Waals surface area contributed by atoms with Crippen LogP contribution in [0.5, 0.6) is 17.2 Å². The molecule has 1 aliphatic carbocycles. The van der Waals surface area contributed by atoms with Gasteiger partial charge >= 0.3 is 5.97 Å². The molecule has 1 saturated carbocycles. The van der Waals surface area contributed by atoms with Gasteiger partial charge in [0.05, 0.1) is 21.3 Å². The van der Waals surface area contributed by atoms with Gasteiger partial charge in [-0.15, -0.1) is 0 Å². The van der Waals surface area contributed by atoms with Crippen LogP contribution in [0.15, 0.2) is 12.1 Å². The van der Waals surface area contributed by atoms with E-state index >= 15 is 0 Å². The molecule has 1 amide bonds. The van der Waals surface area contributed by atoms with Crippen LogP contribution in [0.1, 0.15) is 24.8 Å². The van der Waals surface area contributed by atoms with E-state index in [0.717, 1.165) is 18.4 Å². The number of ether oxygens (including phenoxy) is 4. The Balaban J connectivity index is 1.86. The first-order valence-corrected chi connectivity index (χ1v) is 7.81. The Morgan fingerprint density at radius 3 is 2.21 bits per heavy atom. The molecule has 7 nitrogen and oxygen atoms in total. The van der Waals surface area contributed by atoms with Crippen LogP contribution in [-0.2, 0) is 20.7 Å². The Labute approximate surface area is 141 Å². The van der Waals surface area contributed by atoms with Crippen molar-refractivity contribution < 1.29 is 28.5 Å². The van der Waals surface area contributed by atoms with E-state index in [1.54, 1.807) is 12.1 Å². The van der Waals surface area contributed by atoms with Crippen LogP contribution >= 0.6 is 0 Å². The third-order valence-electron chi connectivity index (χ3n) is 3.65. The van der Waals surface area contributed by atoms with Crippen molar-refractivity contribution in [3.8, 4) is 17.2 Å². The summed E-state index contributed by atoms with van der Waals surface area (Å²) in [6.45, 7) is -0.232. The third-order valence-corrected chi connectivity index (χ3v) is 3.65. The molecule has 2 rings (SSSR count). The number of esters is 1. The molecule has 0 saturated heterocycles. The molecule has 132 valence electrons. The Bertz CT molecular complexity index is 572. The Morgan fingerprint density at radius 1 is 1.08 bits per heavy atom. The van der Waals surface area contributed by atoms with Gasteiger partial charge in [-0.25, -0.2) is 0 Å². The average Bonchev–Trinajstić information content (AvgIpc) is 3.40. The van der Waals surface area contributed by atoms with Gasteiger partial charge in [-0.1, -0.05) is 0 Å². The molecule has 1 aromatic carbocycles. The first-order valence-electron chi connectivity index (χ1n) is 7.81. The highest BCUT2D eigenvalue weighted by atomic mass is 16.5. The summed E-state index contributed by atoms with van der Waals surface area (Å²) in [6, 6.07) is 3.83. The lowest BCUT2D eigenvalue weighted by Crippen LogP contribution is -2.30. The minimum absolute atomic E-state index is 0.162. The standard InChI is InChI=1S/C17H23NO6/c1-21-13-8-11(9-14(22-2)17(13)23-3)4-7-16(20)24-10-15(19)18-12-5-6-12/h8-9,12H,4-7,10H2,1-3H3,(H,18,19). The smallest absolute Gasteiger partial charge is 0.306 e. The highest BCUT2D eigenvalue weighted by Gasteiger charge is 2.23. The fourth-order valence-electron chi connectivity index (χ4n) is 2.24. The normalized spacial score (nSPS) is 13.1. The lowest BCUT2D eigenvalue weighted by atomic mass is 10.1. The molecule has 0 atom stereocenters. The highest BCUT2D eigenvalue weighted by Crippen LogP contribution is 2.38. The summed E-state index contributed by atoms with van der Waals surface area (Å²) in [5.74, 6) is 0.893. The summed E-state index contributed by atoms with van der Waals surface area (Å²) in [5, 5.41) is 2.76. The van der Waals surface area contributed by atoms with E-state index in [-0.39, 0.29) is 25.0 Å². The van der Waals surface area contributed by atoms with Gasteiger partial charge in [-0.2, -0.15) is 0 Å². The molecule has 7 heteroatoms. The molecule has 1 aromatic rings. The highest BCUT2D eigenvalue weighted by molar-refractivity contribution is 5.81. The van der Waals surface area contributed by atoms with E-state index in [0.29, 0.717) is 23.7 Å². The Kier molecular flexibility index (Phi) is 6.28. The number of hydrogen-bond acceptors (Lipinski definition) is 6. The molecule has 0 aliphatic heterocycles. The van der Waals surface area contributed by atoms with Crippen LogP contribution < -0.4 is 19.5 Å². The molecule has 1 N–H and O–H groups in total. The molecule has 1 aliphatic rings. The van der Waals surface area contributed by atoms with Crippen molar-refractivity contribution in [2.24, 2.45) is 0 Å². The summed E-state index contributed by atoms with van der Waals surface area (Å²) in [5.41, 5.74) is 0.851. The molecule has 1 fully saturated rings. The molecule has 24 heavy (non-hydrogen) atoms. The lowest BCUT2D eigenvalue weighted by Gasteiger charge is -2.14. The second-order valence-electron chi connectivity index (χ2n) is 5.54. The molecule has 0 aromatic heterocycles. The molecule has 0 bridgehead atoms. The summed E-state index contributed by atoms with van der Waals surface area (Å²) in [7, 11) is 4.60. The zero-order valence-corrected chi connectivity index (χ0v) is 14.2. The zero-order chi connectivity index (χ0) is 17.5. The predicted molar refractivity (Wildman–Crippen MR) is 86.5 cm³/mol. The average molecular weight is 337 g/mol. The van der Waals surface area contributed by atoms with Crippen molar-refractivity contribution in [3.05, 3.63) is 17.7 Å². The van der Waals surface area contributed by atoms with Crippen LogP contribution in [0, 0.1) is 0 Å². The van der Waals surface area contributed by atoms with Crippen molar-refractivity contribution >= 4 is 11.9 Å². The van der Waals surface area contributed by atoms with Crippen LogP contribution in [-0.4, -0.2) is 45.9 Å². The first-order chi connectivity index (χ1) is 11.6. The third kappa shape index (κ3) is 5.04. The van der Waals surface area contributed by atoms with Gasteiger partial charge in [-0.3, -0.25) is 9.59 Å². The molecule has 0 radical (unpaired) electrons. The number of benzene rings is 1. The maximum absolute atomic E-state index is 11.8. The van der Waals surface area contributed by atoms with Crippen molar-refractivity contribution in [2.45, 2.75) is 31.7 Å². The van der Waals surface area contributed by atoms with E-state index in [1.807, 2.05) is 0 Å². The molecular formula is C17H23NO6. The van der Waals surface area contributed by atoms with E-state index in [9.17, 15) is 9.59 Å². The number of amides is 1. The monoisotopic (exact) mass is 337 g/mol. The quantitative estimate of drug-likeness (QED) is 0.687. The van der Waals surface area contributed by atoms with Crippen molar-refractivity contribution in [1.29, 1.82) is 0 Å². The van der Waals surface area contributed by atoms with Crippen LogP contribution in [0.4, 0.5) is 0 Å². The summed E-state index contributed by atoms with van der Waals surface area (Å²) < 4.78 is 20.8. The summed E-state index contributed by atoms with van der Waals surface area (Å²) >= 11 is 0. The fraction of sp³-hybridized carbons (Fsp3) is 0.529. The number of rotatable bonds is 9. The van der Waals surface area contributed by atoms with Gasteiger partial charge in [0.15, 0.2) is 18.1 Å². The topological polar surface area (TPSA) is 83.1 Å². The second kappa shape index (κ2) is 8.42. The van der Waals surface area contributed by atoms with Gasteiger partial charge in [-0.05, 0) is 37.0 Å². The maximum Gasteiger partial charge on any atom is 0.306 e. The van der Waals surface area contributed by atoms with Crippen LogP contribution in [0.3, 0.4) is 0 Å². The number of nitrogens with one attached hydrogen (secondary N) is 1. The zero-order valence-electron chi connectivity index (χ0n) is 14.2. The van der Waals surface area contributed by atoms with Gasteiger partial charge in [0, 0.05) is 12.5 Å². The van der Waals surface area contributed by atoms with Gasteiger partial charge in [0.1, 0.15) is 0 Å². The van der Waals surface area contributed by atoms with Crippen molar-refractivity contribution in [2.75, 3.05) is 27.9 Å². The van der Waals surface area contributed by atoms with Crippen molar-refractivity contribution in [1.82, 2.24) is 5.32 Å². The largest absolute Gasteiger partial charge is 0.493 e. The number of carbonyl (C=O) groups is 2. The van der Waals surface area contributed by atoms with Gasteiger partial charge in [0.25, 0.3) is 5.91 Å². The van der Waals surface area contributed by atoms with Crippen LogP contribution in [0.25, 0.3) is 0 Å². The van der Waals surface area contributed by atoms with E-state index in [4.69, 9.17) is 18.9 Å². The number of hydrogen-bond donors (Lipinski definition) is 1. The lowest BCUT2D eigenvalue weighted by molar-refractivity contribution is -0.148. The Morgan fingerprint density at radius 2 is 1.71 bits per heavy atom. The number of carbonyl (C=O) groups excluding carboxylic acids is 2. The van der Waals surface area contributed by atoms with E-state index in [1.165, 1.54) is 21.3 Å². The van der Waals surface area contributed by atoms with Crippen LogP contribution in [0.2, 0.25) is 0 Å². The number of methoxy groups -OCH3 is 3. The molecule has 0 heterocycles. The SMILES string of the molecule is COc1cc(CCC(=O)OCC(=O)NC2CC2)cc(OC)c1OC. The van der Waals surface area contributed by atoms with Crippen molar-refractivity contribution in [3.63, 3.8) is 0 Å². The minimum atomic E-state index is -0.422. The summed E-state index contributed by atoms with van der Waals surface area (Å²) in [6.07, 6.45) is 2.61. The van der Waals surface area contributed by atoms with Gasteiger partial charge in [0.2, 0.25) is 5.75 Å². The fourth-order valence-corrected chi connectivity index (χ4v) is 2.24. The maximum atomic E-state index is 11.8. The van der Waals surface area contributed by atoms with E-state index in [2.05, 4.69) is 5.32 Å². The molecule has 0 spiro atoms. The Hall–Kier alpha value is -2.44. The van der Waals surface area contributed by atoms with Gasteiger partial charge < -0.3 is 24.3 Å². The summed E-state index contributed by atoms with van der Waals surface area (Å²) in [4.78, 5) is 23.2. The van der Waals surface area contributed by atoms with E-state index < -0.39 is 5.97 Å². The molecule has 0 unspecified atom stereocenters. The predicted octanol–water partition coefficient (Wildman–Crippen LogP) is 1.47.